The molecule has 0 saturated heterocycles. The fraction of sp³-hybridized carbons (Fsp3) is 0.667. The van der Waals surface area contributed by atoms with E-state index in [-0.39, 0.29) is 0 Å². The number of hydrogen-bond acceptors (Lipinski definition) is 4. The second kappa shape index (κ2) is 2.76. The van der Waals surface area contributed by atoms with Gasteiger partial charge in [0.15, 0.2) is 0 Å². The second-order valence-electron chi connectivity index (χ2n) is 3.16. The predicted octanol–water partition coefficient (Wildman–Crippen LogP) is 0.346. The largest absolute Gasteiger partial charge is 0.353 e. The van der Waals surface area contributed by atoms with E-state index in [9.17, 15) is 12.3 Å². The highest BCUT2D eigenvalue weighted by atomic mass is 32.3. The van der Waals surface area contributed by atoms with Gasteiger partial charge in [-0.05, 0) is 18.8 Å². The van der Waals surface area contributed by atoms with Crippen molar-refractivity contribution < 1.29 is 12.3 Å². The molecule has 2 rings (SSSR count). The molecule has 0 bridgehead atoms. The first-order valence-electron chi connectivity index (χ1n) is 3.90. The lowest BCUT2D eigenvalue weighted by Crippen LogP contribution is -1.99. The van der Waals surface area contributed by atoms with Crippen LogP contribution in [0.25, 0.3) is 0 Å². The van der Waals surface area contributed by atoms with Gasteiger partial charge >= 0.3 is 10.2 Å². The smallest absolute Gasteiger partial charge is 0.251 e. The van der Waals surface area contributed by atoms with E-state index in [0.717, 1.165) is 19.0 Å². The maximum atomic E-state index is 12.3. The number of halogens is 1. The number of rotatable bonds is 3. The van der Waals surface area contributed by atoms with Crippen molar-refractivity contribution in [1.29, 1.82) is 0 Å². The quantitative estimate of drug-likeness (QED) is 0.668. The summed E-state index contributed by atoms with van der Waals surface area (Å²) in [6.45, 7) is 0.628. The highest BCUT2D eigenvalue weighted by Gasteiger charge is 2.24. The summed E-state index contributed by atoms with van der Waals surface area (Å²) in [7, 11) is -4.69. The molecule has 1 heterocycles. The summed E-state index contributed by atoms with van der Waals surface area (Å²) in [5, 5.41) is 6.13. The van der Waals surface area contributed by atoms with Gasteiger partial charge in [-0.25, -0.2) is 0 Å². The van der Waals surface area contributed by atoms with Crippen LogP contribution in [0.1, 0.15) is 12.8 Å². The molecule has 7 heteroatoms. The standard InChI is InChI=1S/C6H8FN3O2S/c7-13(11,12)6-4-10(9-8-6)3-5-1-2-5/h4-5H,1-3H2. The van der Waals surface area contributed by atoms with Crippen molar-refractivity contribution in [3.63, 3.8) is 0 Å². The molecule has 72 valence electrons. The maximum absolute atomic E-state index is 12.3. The van der Waals surface area contributed by atoms with E-state index >= 15 is 0 Å². The zero-order valence-corrected chi connectivity index (χ0v) is 7.54. The SMILES string of the molecule is O=S(=O)(F)c1cn(CC2CC2)nn1. The first kappa shape index (κ1) is 8.61. The minimum atomic E-state index is -4.69. The van der Waals surface area contributed by atoms with Crippen LogP contribution in [0.5, 0.6) is 0 Å². The highest BCUT2D eigenvalue weighted by Crippen LogP contribution is 2.30. The van der Waals surface area contributed by atoms with Gasteiger partial charge in [0, 0.05) is 6.54 Å². The molecule has 0 N–H and O–H groups in total. The van der Waals surface area contributed by atoms with Crippen LogP contribution in [0.15, 0.2) is 11.2 Å². The monoisotopic (exact) mass is 205 g/mol. The minimum Gasteiger partial charge on any atom is -0.251 e. The molecule has 5 nitrogen and oxygen atoms in total. The van der Waals surface area contributed by atoms with Crippen LogP contribution in [-0.2, 0) is 16.8 Å². The zero-order valence-electron chi connectivity index (χ0n) is 6.72. The number of nitrogens with zero attached hydrogens (tertiary/aromatic N) is 3. The van der Waals surface area contributed by atoms with Gasteiger partial charge in [-0.15, -0.1) is 5.10 Å². The van der Waals surface area contributed by atoms with Gasteiger partial charge in [-0.3, -0.25) is 4.68 Å². The summed E-state index contributed by atoms with van der Waals surface area (Å²) in [5.41, 5.74) is 0. The minimum absolute atomic E-state index is 0.553. The van der Waals surface area contributed by atoms with Crippen molar-refractivity contribution in [1.82, 2.24) is 15.0 Å². The van der Waals surface area contributed by atoms with Gasteiger partial charge < -0.3 is 0 Å². The van der Waals surface area contributed by atoms with E-state index in [2.05, 4.69) is 10.3 Å². The van der Waals surface area contributed by atoms with Gasteiger partial charge in [-0.2, -0.15) is 8.42 Å². The summed E-state index contributed by atoms with van der Waals surface area (Å²) in [4.78, 5) is 0. The van der Waals surface area contributed by atoms with Gasteiger partial charge in [-0.1, -0.05) is 9.10 Å². The predicted molar refractivity (Wildman–Crippen MR) is 41.0 cm³/mol. The molecule has 1 fully saturated rings. The molecule has 0 unspecified atom stereocenters. The summed E-state index contributed by atoms with van der Waals surface area (Å²) in [6.07, 6.45) is 3.36. The summed E-state index contributed by atoms with van der Waals surface area (Å²) in [6, 6.07) is 0. The van der Waals surface area contributed by atoms with E-state index < -0.39 is 15.2 Å². The van der Waals surface area contributed by atoms with Crippen molar-refractivity contribution in [2.24, 2.45) is 5.92 Å². The van der Waals surface area contributed by atoms with E-state index in [1.165, 1.54) is 4.68 Å². The van der Waals surface area contributed by atoms with Crippen LogP contribution >= 0.6 is 0 Å². The third kappa shape index (κ3) is 2.03. The Kier molecular flexibility index (Phi) is 1.83. The van der Waals surface area contributed by atoms with Crippen molar-refractivity contribution in [2.75, 3.05) is 0 Å². The molecule has 1 aromatic rings. The van der Waals surface area contributed by atoms with E-state index in [0.29, 0.717) is 12.5 Å². The molecule has 1 aliphatic carbocycles. The third-order valence-electron chi connectivity index (χ3n) is 1.91. The van der Waals surface area contributed by atoms with Crippen LogP contribution in [0.4, 0.5) is 3.89 Å². The van der Waals surface area contributed by atoms with Crippen molar-refractivity contribution >= 4 is 10.2 Å². The summed E-state index contributed by atoms with van der Waals surface area (Å²) >= 11 is 0. The Morgan fingerprint density at radius 2 is 2.31 bits per heavy atom. The normalized spacial score (nSPS) is 17.6. The average molecular weight is 205 g/mol. The molecule has 1 saturated carbocycles. The van der Waals surface area contributed by atoms with Crippen molar-refractivity contribution in [3.8, 4) is 0 Å². The molecule has 0 spiro atoms. The number of aromatic nitrogens is 3. The first-order chi connectivity index (χ1) is 6.05. The van der Waals surface area contributed by atoms with E-state index in [4.69, 9.17) is 0 Å². The van der Waals surface area contributed by atoms with Gasteiger partial charge in [0.1, 0.15) is 0 Å². The van der Waals surface area contributed by atoms with Crippen molar-refractivity contribution in [3.05, 3.63) is 6.20 Å². The Morgan fingerprint density at radius 3 is 2.77 bits per heavy atom. The Labute approximate surface area is 74.8 Å². The summed E-state index contributed by atoms with van der Waals surface area (Å²) < 4.78 is 34.4. The van der Waals surface area contributed by atoms with Crippen molar-refractivity contribution in [2.45, 2.75) is 24.4 Å². The molecule has 0 radical (unpaired) electrons. The van der Waals surface area contributed by atoms with Crippen LogP contribution in [0.3, 0.4) is 0 Å². The third-order valence-corrected chi connectivity index (χ3v) is 2.60. The Morgan fingerprint density at radius 1 is 1.62 bits per heavy atom. The topological polar surface area (TPSA) is 64.8 Å². The Bertz CT molecular complexity index is 409. The Hall–Kier alpha value is -0.980. The molecule has 1 aromatic heterocycles. The van der Waals surface area contributed by atoms with E-state index in [1.54, 1.807) is 0 Å². The summed E-state index contributed by atoms with van der Waals surface area (Å²) in [5.74, 6) is 0.553. The van der Waals surface area contributed by atoms with Gasteiger partial charge in [0.05, 0.1) is 6.20 Å². The fourth-order valence-corrected chi connectivity index (χ4v) is 1.43. The molecule has 0 amide bonds. The Balaban J connectivity index is 2.17. The second-order valence-corrected chi connectivity index (χ2v) is 4.45. The van der Waals surface area contributed by atoms with E-state index in [1.807, 2.05) is 0 Å². The lowest BCUT2D eigenvalue weighted by atomic mass is 10.4. The zero-order chi connectivity index (χ0) is 9.47. The van der Waals surface area contributed by atoms with Crippen LogP contribution < -0.4 is 0 Å². The molecule has 0 aliphatic heterocycles. The maximum Gasteiger partial charge on any atom is 0.353 e. The van der Waals surface area contributed by atoms with Gasteiger partial charge in [0.25, 0.3) is 0 Å². The molecule has 13 heavy (non-hydrogen) atoms. The van der Waals surface area contributed by atoms with Crippen LogP contribution in [0, 0.1) is 5.92 Å². The van der Waals surface area contributed by atoms with Crippen LogP contribution in [-0.4, -0.2) is 23.4 Å². The lowest BCUT2D eigenvalue weighted by molar-refractivity contribution is 0.543. The number of hydrogen-bond donors (Lipinski definition) is 0. The molecular formula is C6H8FN3O2S. The average Bonchev–Trinajstić information content (AvgIpc) is 2.63. The molecule has 0 aromatic carbocycles. The molecule has 0 atom stereocenters. The molecule has 1 aliphatic rings. The lowest BCUT2D eigenvalue weighted by Gasteiger charge is -1.93. The molecular weight excluding hydrogens is 197 g/mol. The van der Waals surface area contributed by atoms with Gasteiger partial charge in [0.2, 0.25) is 5.03 Å². The van der Waals surface area contributed by atoms with Crippen LogP contribution in [0.2, 0.25) is 0 Å². The highest BCUT2D eigenvalue weighted by molar-refractivity contribution is 7.86. The first-order valence-corrected chi connectivity index (χ1v) is 5.29. The fourth-order valence-electron chi connectivity index (χ4n) is 1.05.